The van der Waals surface area contributed by atoms with E-state index in [1.807, 2.05) is 0 Å². The zero-order valence-electron chi connectivity index (χ0n) is 17.2. The molecule has 0 aliphatic rings. The number of benzene rings is 2. The molecule has 0 spiro atoms. The van der Waals surface area contributed by atoms with Gasteiger partial charge in [0.05, 0.1) is 33.5 Å². The number of carbonyl (C=O) groups excluding carboxylic acids is 2. The number of carbonyl (C=O) groups is 2. The molecule has 0 radical (unpaired) electrons. The Morgan fingerprint density at radius 2 is 1.57 bits per heavy atom. The maximum Gasteiger partial charge on any atom is 0.258 e. The summed E-state index contributed by atoms with van der Waals surface area (Å²) in [5.41, 5.74) is 0.565. The van der Waals surface area contributed by atoms with Crippen LogP contribution >= 0.6 is 11.6 Å². The van der Waals surface area contributed by atoms with Crippen LogP contribution in [0.3, 0.4) is 0 Å². The number of azo groups is 1. The number of ketones is 1. The van der Waals surface area contributed by atoms with E-state index in [0.717, 1.165) is 0 Å². The minimum atomic E-state index is -1.40. The van der Waals surface area contributed by atoms with Crippen LogP contribution < -0.4 is 24.3 Å². The van der Waals surface area contributed by atoms with E-state index in [0.29, 0.717) is 28.7 Å². The van der Waals surface area contributed by atoms with E-state index >= 15 is 0 Å². The van der Waals surface area contributed by atoms with Crippen LogP contribution in [0.5, 0.6) is 23.0 Å². The minimum absolute atomic E-state index is 0.229. The van der Waals surface area contributed by atoms with Gasteiger partial charge in [-0.15, -0.1) is 5.11 Å². The molecule has 1 N–H and O–H groups in total. The van der Waals surface area contributed by atoms with Crippen molar-refractivity contribution >= 4 is 34.7 Å². The number of hydrogen-bond donors (Lipinski definition) is 1. The maximum atomic E-state index is 12.7. The van der Waals surface area contributed by atoms with Gasteiger partial charge in [-0.25, -0.2) is 0 Å². The van der Waals surface area contributed by atoms with Gasteiger partial charge in [0.25, 0.3) is 5.91 Å². The number of anilines is 1. The number of nitrogens with one attached hydrogen (secondary N) is 1. The Kier molecular flexibility index (Phi) is 7.99. The van der Waals surface area contributed by atoms with Gasteiger partial charge in [0.2, 0.25) is 6.04 Å². The van der Waals surface area contributed by atoms with Gasteiger partial charge in [-0.1, -0.05) is 17.7 Å². The van der Waals surface area contributed by atoms with Gasteiger partial charge in [0.15, 0.2) is 23.0 Å². The molecule has 0 saturated heterocycles. The van der Waals surface area contributed by atoms with Crippen molar-refractivity contribution in [2.75, 3.05) is 33.8 Å². The van der Waals surface area contributed by atoms with Crippen molar-refractivity contribution in [3.05, 3.63) is 35.4 Å². The fourth-order valence-electron chi connectivity index (χ4n) is 2.56. The molecule has 2 rings (SSSR count). The quantitative estimate of drug-likeness (QED) is 0.470. The van der Waals surface area contributed by atoms with E-state index in [-0.39, 0.29) is 10.7 Å². The number of rotatable bonds is 9. The summed E-state index contributed by atoms with van der Waals surface area (Å²) < 4.78 is 20.8. The topological polar surface area (TPSA) is 108 Å². The lowest BCUT2D eigenvalue weighted by Gasteiger charge is -2.14. The van der Waals surface area contributed by atoms with E-state index < -0.39 is 17.7 Å². The first-order valence-electron chi connectivity index (χ1n) is 8.70. The van der Waals surface area contributed by atoms with Crippen molar-refractivity contribution in [2.45, 2.75) is 13.0 Å². The van der Waals surface area contributed by atoms with Crippen molar-refractivity contribution in [1.29, 1.82) is 0 Å². The molecular weight excluding hydrogens is 414 g/mol. The summed E-state index contributed by atoms with van der Waals surface area (Å²) >= 11 is 6.15. The molecule has 2 aromatic carbocycles. The van der Waals surface area contributed by atoms with Gasteiger partial charge in [0, 0.05) is 11.8 Å². The van der Waals surface area contributed by atoms with E-state index in [2.05, 4.69) is 15.5 Å². The normalized spacial score (nSPS) is 11.7. The number of amides is 1. The van der Waals surface area contributed by atoms with Crippen molar-refractivity contribution in [3.63, 3.8) is 0 Å². The summed E-state index contributed by atoms with van der Waals surface area (Å²) in [6, 6.07) is 6.62. The summed E-state index contributed by atoms with van der Waals surface area (Å²) in [7, 11) is 5.81. The zero-order valence-corrected chi connectivity index (χ0v) is 17.9. The molecule has 2 aromatic rings. The monoisotopic (exact) mass is 435 g/mol. The molecule has 0 aliphatic carbocycles. The second kappa shape index (κ2) is 10.4. The Morgan fingerprint density at radius 1 is 0.967 bits per heavy atom. The molecule has 1 amide bonds. The Bertz CT molecular complexity index is 942. The lowest BCUT2D eigenvalue weighted by Crippen LogP contribution is -2.31. The summed E-state index contributed by atoms with van der Waals surface area (Å²) in [5.74, 6) is 0.211. The first-order valence-corrected chi connectivity index (χ1v) is 9.08. The molecule has 9 nitrogen and oxygen atoms in total. The van der Waals surface area contributed by atoms with Crippen LogP contribution in [0, 0.1) is 0 Å². The Labute approximate surface area is 178 Å². The van der Waals surface area contributed by atoms with Gasteiger partial charge in [0.1, 0.15) is 11.5 Å². The third-order valence-electron chi connectivity index (χ3n) is 4.01. The third kappa shape index (κ3) is 5.18. The van der Waals surface area contributed by atoms with Gasteiger partial charge in [-0.2, -0.15) is 5.11 Å². The largest absolute Gasteiger partial charge is 0.494 e. The standard InChI is InChI=1S/C20H22ClN3O6/c1-11(25)17(23-24-18-14(27-2)7-6-8-15(18)28-3)20(26)22-12-9-13(21)19(30-5)16(10-12)29-4/h6-10,17H,1-5H3,(H,22,26). The van der Waals surface area contributed by atoms with E-state index in [4.69, 9.17) is 30.5 Å². The molecular formula is C20H22ClN3O6. The first kappa shape index (κ1) is 23.0. The predicted molar refractivity (Wildman–Crippen MR) is 112 cm³/mol. The summed E-state index contributed by atoms with van der Waals surface area (Å²) in [6.07, 6.45) is 0. The van der Waals surface area contributed by atoms with Gasteiger partial charge >= 0.3 is 0 Å². The molecule has 0 aliphatic heterocycles. The highest BCUT2D eigenvalue weighted by atomic mass is 35.5. The molecule has 0 saturated carbocycles. The van der Waals surface area contributed by atoms with Crippen LogP contribution in [-0.2, 0) is 9.59 Å². The van der Waals surface area contributed by atoms with Crippen LogP contribution in [0.2, 0.25) is 5.02 Å². The number of Topliss-reactive ketones (excluding diaryl/α,β-unsaturated/α-hetero) is 1. The number of nitrogens with zero attached hydrogens (tertiary/aromatic N) is 2. The fraction of sp³-hybridized carbons (Fsp3) is 0.300. The maximum absolute atomic E-state index is 12.7. The zero-order chi connectivity index (χ0) is 22.3. The van der Waals surface area contributed by atoms with Crippen LogP contribution in [0.1, 0.15) is 6.92 Å². The molecule has 0 bridgehead atoms. The number of ether oxygens (including phenoxy) is 4. The van der Waals surface area contributed by atoms with Crippen LogP contribution in [0.25, 0.3) is 0 Å². The molecule has 0 heterocycles. The van der Waals surface area contributed by atoms with E-state index in [9.17, 15) is 9.59 Å². The smallest absolute Gasteiger partial charge is 0.258 e. The van der Waals surface area contributed by atoms with Crippen molar-refractivity contribution in [3.8, 4) is 23.0 Å². The average Bonchev–Trinajstić information content (AvgIpc) is 2.72. The number of hydrogen-bond acceptors (Lipinski definition) is 8. The summed E-state index contributed by atoms with van der Waals surface area (Å²) in [4.78, 5) is 24.7. The van der Waals surface area contributed by atoms with Gasteiger partial charge in [-0.3, -0.25) is 9.59 Å². The Morgan fingerprint density at radius 3 is 2.07 bits per heavy atom. The molecule has 30 heavy (non-hydrogen) atoms. The minimum Gasteiger partial charge on any atom is -0.494 e. The van der Waals surface area contributed by atoms with Crippen molar-refractivity contribution in [2.24, 2.45) is 10.2 Å². The third-order valence-corrected chi connectivity index (χ3v) is 4.29. The fourth-order valence-corrected chi connectivity index (χ4v) is 2.85. The predicted octanol–water partition coefficient (Wildman–Crippen LogP) is 4.05. The highest BCUT2D eigenvalue weighted by Gasteiger charge is 2.24. The highest BCUT2D eigenvalue weighted by Crippen LogP contribution is 2.38. The Balaban J connectivity index is 2.32. The molecule has 1 unspecified atom stereocenters. The lowest BCUT2D eigenvalue weighted by molar-refractivity contribution is -0.126. The number of halogens is 1. The average molecular weight is 436 g/mol. The molecule has 160 valence electrons. The first-order chi connectivity index (χ1) is 14.4. The van der Waals surface area contributed by atoms with Crippen molar-refractivity contribution in [1.82, 2.24) is 0 Å². The SMILES string of the molecule is COc1cccc(OC)c1N=NC(C(C)=O)C(=O)Nc1cc(Cl)c(OC)c(OC)c1. The van der Waals surface area contributed by atoms with Crippen molar-refractivity contribution < 1.29 is 28.5 Å². The van der Waals surface area contributed by atoms with Crippen LogP contribution in [0.4, 0.5) is 11.4 Å². The Hall–Kier alpha value is -3.33. The molecule has 0 aromatic heterocycles. The summed E-state index contributed by atoms with van der Waals surface area (Å²) in [5, 5.41) is 10.8. The van der Waals surface area contributed by atoms with Gasteiger partial charge < -0.3 is 24.3 Å². The van der Waals surface area contributed by atoms with Gasteiger partial charge in [-0.05, 0) is 25.1 Å². The second-order valence-corrected chi connectivity index (χ2v) is 6.33. The van der Waals surface area contributed by atoms with Crippen LogP contribution in [-0.4, -0.2) is 46.2 Å². The molecule has 1 atom stereocenters. The lowest BCUT2D eigenvalue weighted by atomic mass is 10.2. The molecule has 10 heteroatoms. The van der Waals surface area contributed by atoms with E-state index in [1.54, 1.807) is 18.2 Å². The van der Waals surface area contributed by atoms with E-state index in [1.165, 1.54) is 47.5 Å². The summed E-state index contributed by atoms with van der Waals surface area (Å²) in [6.45, 7) is 1.24. The van der Waals surface area contributed by atoms with Crippen LogP contribution in [0.15, 0.2) is 40.6 Å². The number of methoxy groups -OCH3 is 4. The second-order valence-electron chi connectivity index (χ2n) is 5.92. The molecule has 0 fully saturated rings. The highest BCUT2D eigenvalue weighted by molar-refractivity contribution is 6.32.